The summed E-state index contributed by atoms with van der Waals surface area (Å²) in [5.74, 6) is 0.145. The summed E-state index contributed by atoms with van der Waals surface area (Å²) in [6.07, 6.45) is 8.49. The van der Waals surface area contributed by atoms with Crippen LogP contribution in [0, 0.1) is 6.92 Å². The summed E-state index contributed by atoms with van der Waals surface area (Å²) in [4.78, 5) is 17.4. The minimum Gasteiger partial charge on any atom is -0.350 e. The summed E-state index contributed by atoms with van der Waals surface area (Å²) in [6.45, 7) is 4.09. The first-order chi connectivity index (χ1) is 9.16. The normalized spacial score (nSPS) is 16.8. The minimum absolute atomic E-state index is 0.145. The van der Waals surface area contributed by atoms with Crippen LogP contribution in [0.3, 0.4) is 0 Å². The molecule has 0 aliphatic heterocycles. The number of aromatic nitrogens is 1. The van der Waals surface area contributed by atoms with E-state index in [9.17, 15) is 4.79 Å². The molecule has 4 heteroatoms. The molecule has 1 atom stereocenters. The number of rotatable bonds is 5. The molecule has 19 heavy (non-hydrogen) atoms. The van der Waals surface area contributed by atoms with Gasteiger partial charge in [-0.3, -0.25) is 4.79 Å². The highest BCUT2D eigenvalue weighted by Gasteiger charge is 2.14. The molecule has 0 radical (unpaired) electrons. The van der Waals surface area contributed by atoms with Crippen LogP contribution in [0.1, 0.15) is 49.6 Å². The number of hydrogen-bond donors (Lipinski definition) is 1. The van der Waals surface area contributed by atoms with Crippen molar-refractivity contribution in [1.82, 2.24) is 10.3 Å². The van der Waals surface area contributed by atoms with Gasteiger partial charge in [0.2, 0.25) is 5.91 Å². The third-order valence-electron chi connectivity index (χ3n) is 3.68. The molecule has 1 amide bonds. The molecule has 0 saturated heterocycles. The molecule has 0 bridgehead atoms. The van der Waals surface area contributed by atoms with Crippen LogP contribution in [0.4, 0.5) is 0 Å². The summed E-state index contributed by atoms with van der Waals surface area (Å²) in [5.41, 5.74) is 4.30. The van der Waals surface area contributed by atoms with E-state index in [-0.39, 0.29) is 11.9 Å². The fourth-order valence-corrected chi connectivity index (χ4v) is 3.24. The summed E-state index contributed by atoms with van der Waals surface area (Å²) < 4.78 is 0. The number of amides is 1. The lowest BCUT2D eigenvalue weighted by Crippen LogP contribution is -2.34. The maximum atomic E-state index is 11.9. The van der Waals surface area contributed by atoms with E-state index in [1.807, 2.05) is 12.4 Å². The molecular formula is C15H22N2OS. The lowest BCUT2D eigenvalue weighted by molar-refractivity contribution is -0.121. The maximum Gasteiger partial charge on any atom is 0.220 e. The van der Waals surface area contributed by atoms with Gasteiger partial charge >= 0.3 is 0 Å². The Morgan fingerprint density at radius 3 is 3.00 bits per heavy atom. The zero-order valence-electron chi connectivity index (χ0n) is 11.7. The van der Waals surface area contributed by atoms with Crippen molar-refractivity contribution in [3.63, 3.8) is 0 Å². The third-order valence-corrected chi connectivity index (χ3v) is 4.68. The Kier molecular flexibility index (Phi) is 5.14. The Bertz CT molecular complexity index is 464. The van der Waals surface area contributed by atoms with E-state index in [2.05, 4.69) is 23.3 Å². The Hall–Kier alpha value is -1.16. The van der Waals surface area contributed by atoms with Gasteiger partial charge in [0.05, 0.1) is 11.2 Å². The summed E-state index contributed by atoms with van der Waals surface area (Å²) >= 11 is 1.64. The number of carbonyl (C=O) groups is 1. The van der Waals surface area contributed by atoms with Gasteiger partial charge in [0.25, 0.3) is 0 Å². The van der Waals surface area contributed by atoms with Crippen molar-refractivity contribution in [1.29, 1.82) is 0 Å². The first-order valence-corrected chi connectivity index (χ1v) is 7.92. The zero-order chi connectivity index (χ0) is 13.7. The van der Waals surface area contributed by atoms with Crippen LogP contribution in [0.2, 0.25) is 0 Å². The Balaban J connectivity index is 1.78. The van der Waals surface area contributed by atoms with Gasteiger partial charge < -0.3 is 5.32 Å². The van der Waals surface area contributed by atoms with Gasteiger partial charge in [-0.1, -0.05) is 11.6 Å². The summed E-state index contributed by atoms with van der Waals surface area (Å²) in [5, 5.41) is 3.11. The van der Waals surface area contributed by atoms with Gasteiger partial charge in [-0.25, -0.2) is 4.98 Å². The number of hydrogen-bond acceptors (Lipinski definition) is 3. The molecule has 1 N–H and O–H groups in total. The first-order valence-electron chi connectivity index (χ1n) is 7.04. The average Bonchev–Trinajstić information content (AvgIpc) is 2.83. The minimum atomic E-state index is 0.145. The van der Waals surface area contributed by atoms with Crippen molar-refractivity contribution in [2.75, 3.05) is 0 Å². The SMILES string of the molecule is Cc1ncsc1CCC(=O)NC(C)C1=CCCCC1. The number of aryl methyl sites for hydroxylation is 2. The predicted molar refractivity (Wildman–Crippen MR) is 79.3 cm³/mol. The van der Waals surface area contributed by atoms with E-state index in [4.69, 9.17) is 0 Å². The maximum absolute atomic E-state index is 11.9. The summed E-state index contributed by atoms with van der Waals surface area (Å²) in [7, 11) is 0. The van der Waals surface area contributed by atoms with Crippen molar-refractivity contribution in [2.45, 2.75) is 58.4 Å². The highest BCUT2D eigenvalue weighted by atomic mass is 32.1. The van der Waals surface area contributed by atoms with Gasteiger partial charge in [0, 0.05) is 17.3 Å². The molecule has 0 fully saturated rings. The lowest BCUT2D eigenvalue weighted by Gasteiger charge is -2.20. The molecule has 1 aliphatic carbocycles. The third kappa shape index (κ3) is 4.16. The Morgan fingerprint density at radius 1 is 1.53 bits per heavy atom. The fraction of sp³-hybridized carbons (Fsp3) is 0.600. The molecule has 1 heterocycles. The fourth-order valence-electron chi connectivity index (χ4n) is 2.46. The number of nitrogens with one attached hydrogen (secondary N) is 1. The molecule has 0 saturated carbocycles. The van der Waals surface area contributed by atoms with Crippen LogP contribution in [-0.4, -0.2) is 16.9 Å². The number of nitrogens with zero attached hydrogens (tertiary/aromatic N) is 1. The standard InChI is InChI=1S/C15H22N2OS/c1-11(13-6-4-3-5-7-13)17-15(18)9-8-14-12(2)16-10-19-14/h6,10-11H,3-5,7-9H2,1-2H3,(H,17,18). The van der Waals surface area contributed by atoms with Crippen LogP contribution >= 0.6 is 11.3 Å². The molecule has 2 rings (SSSR count). The van der Waals surface area contributed by atoms with E-state index in [0.717, 1.165) is 25.0 Å². The molecule has 1 aliphatic rings. The molecule has 1 aromatic heterocycles. The highest BCUT2D eigenvalue weighted by molar-refractivity contribution is 7.09. The quantitative estimate of drug-likeness (QED) is 0.839. The second kappa shape index (κ2) is 6.85. The summed E-state index contributed by atoms with van der Waals surface area (Å²) in [6, 6.07) is 0.190. The van der Waals surface area contributed by atoms with Gasteiger partial charge in [-0.15, -0.1) is 11.3 Å². The van der Waals surface area contributed by atoms with Crippen LogP contribution in [0.5, 0.6) is 0 Å². The molecule has 1 unspecified atom stereocenters. The van der Waals surface area contributed by atoms with Gasteiger partial charge in [-0.05, 0) is 46.0 Å². The molecular weight excluding hydrogens is 256 g/mol. The van der Waals surface area contributed by atoms with Gasteiger partial charge in [-0.2, -0.15) is 0 Å². The topological polar surface area (TPSA) is 42.0 Å². The number of allylic oxidation sites excluding steroid dienone is 1. The van der Waals surface area contributed by atoms with E-state index in [1.165, 1.54) is 23.3 Å². The van der Waals surface area contributed by atoms with Crippen LogP contribution in [0.25, 0.3) is 0 Å². The van der Waals surface area contributed by atoms with E-state index < -0.39 is 0 Å². The van der Waals surface area contributed by atoms with E-state index >= 15 is 0 Å². The molecule has 0 aromatic carbocycles. The molecule has 0 spiro atoms. The van der Waals surface area contributed by atoms with Crippen molar-refractivity contribution in [3.8, 4) is 0 Å². The first kappa shape index (κ1) is 14.3. The molecule has 3 nitrogen and oxygen atoms in total. The van der Waals surface area contributed by atoms with E-state index in [1.54, 1.807) is 11.3 Å². The Morgan fingerprint density at radius 2 is 2.37 bits per heavy atom. The zero-order valence-corrected chi connectivity index (χ0v) is 12.6. The molecule has 1 aromatic rings. The van der Waals surface area contributed by atoms with Crippen molar-refractivity contribution < 1.29 is 4.79 Å². The van der Waals surface area contributed by atoms with Crippen molar-refractivity contribution in [3.05, 3.63) is 27.7 Å². The van der Waals surface area contributed by atoms with Crippen molar-refractivity contribution >= 4 is 17.2 Å². The second-order valence-electron chi connectivity index (χ2n) is 5.17. The monoisotopic (exact) mass is 278 g/mol. The lowest BCUT2D eigenvalue weighted by atomic mass is 9.94. The Labute approximate surface area is 119 Å². The second-order valence-corrected chi connectivity index (χ2v) is 6.11. The smallest absolute Gasteiger partial charge is 0.220 e. The van der Waals surface area contributed by atoms with Gasteiger partial charge in [0.15, 0.2) is 0 Å². The average molecular weight is 278 g/mol. The van der Waals surface area contributed by atoms with Crippen LogP contribution < -0.4 is 5.32 Å². The largest absolute Gasteiger partial charge is 0.350 e. The van der Waals surface area contributed by atoms with Crippen molar-refractivity contribution in [2.24, 2.45) is 0 Å². The predicted octanol–water partition coefficient (Wildman–Crippen LogP) is 3.39. The number of carbonyl (C=O) groups excluding carboxylic acids is 1. The van der Waals surface area contributed by atoms with Gasteiger partial charge in [0.1, 0.15) is 0 Å². The number of thiazole rings is 1. The van der Waals surface area contributed by atoms with Crippen LogP contribution in [0.15, 0.2) is 17.2 Å². The van der Waals surface area contributed by atoms with Crippen LogP contribution in [-0.2, 0) is 11.2 Å². The molecule has 104 valence electrons. The van der Waals surface area contributed by atoms with E-state index in [0.29, 0.717) is 6.42 Å². The highest BCUT2D eigenvalue weighted by Crippen LogP contribution is 2.20.